The lowest BCUT2D eigenvalue weighted by molar-refractivity contribution is 0.216. The zero-order valence-electron chi connectivity index (χ0n) is 12.0. The van der Waals surface area contributed by atoms with Gasteiger partial charge >= 0.3 is 0 Å². The Kier molecular flexibility index (Phi) is 5.58. The highest BCUT2D eigenvalue weighted by Gasteiger charge is 1.99. The van der Waals surface area contributed by atoms with Gasteiger partial charge in [0.1, 0.15) is 24.7 Å². The molecule has 0 saturated carbocycles. The second kappa shape index (κ2) is 7.64. The fourth-order valence-corrected chi connectivity index (χ4v) is 2.10. The first-order valence-electron chi connectivity index (χ1n) is 6.83. The molecule has 0 atom stereocenters. The Morgan fingerprint density at radius 2 is 1.67 bits per heavy atom. The molecule has 0 fully saturated rings. The van der Waals surface area contributed by atoms with Gasteiger partial charge in [0, 0.05) is 6.42 Å². The van der Waals surface area contributed by atoms with Crippen molar-refractivity contribution >= 4 is 17.2 Å². The number of hydrogen-bond donors (Lipinski definition) is 1. The highest BCUT2D eigenvalue weighted by Crippen LogP contribution is 2.16. The van der Waals surface area contributed by atoms with Gasteiger partial charge in [-0.3, -0.25) is 0 Å². The molecule has 110 valence electrons. The molecule has 0 aromatic heterocycles. The second-order valence-corrected chi connectivity index (χ2v) is 5.27. The molecule has 0 saturated heterocycles. The first kappa shape index (κ1) is 15.3. The van der Waals surface area contributed by atoms with Crippen molar-refractivity contribution in [3.05, 3.63) is 59.7 Å². The van der Waals surface area contributed by atoms with E-state index in [0.717, 1.165) is 22.6 Å². The first-order valence-corrected chi connectivity index (χ1v) is 7.24. The van der Waals surface area contributed by atoms with Gasteiger partial charge in [-0.1, -0.05) is 42.5 Å². The zero-order valence-corrected chi connectivity index (χ0v) is 12.9. The minimum Gasteiger partial charge on any atom is -0.490 e. The highest BCUT2D eigenvalue weighted by molar-refractivity contribution is 7.80. The zero-order chi connectivity index (χ0) is 15.1. The molecule has 0 heterocycles. The predicted molar refractivity (Wildman–Crippen MR) is 89.1 cm³/mol. The van der Waals surface area contributed by atoms with Crippen LogP contribution < -0.4 is 15.2 Å². The number of ether oxygens (including phenoxy) is 2. The lowest BCUT2D eigenvalue weighted by atomic mass is 10.1. The van der Waals surface area contributed by atoms with E-state index in [2.05, 4.69) is 0 Å². The van der Waals surface area contributed by atoms with Crippen molar-refractivity contribution in [1.29, 1.82) is 0 Å². The number of nitrogens with two attached hydrogens (primary N) is 1. The Morgan fingerprint density at radius 1 is 1.00 bits per heavy atom. The van der Waals surface area contributed by atoms with Crippen LogP contribution in [0.1, 0.15) is 11.1 Å². The van der Waals surface area contributed by atoms with E-state index in [9.17, 15) is 0 Å². The highest BCUT2D eigenvalue weighted by atomic mass is 32.1. The standard InChI is InChI=1S/C17H19NO2S/c1-13-4-2-3-5-16(13)20-11-10-19-15-8-6-14(7-9-15)12-17(18)21/h2-9H,10-12H2,1H3,(H2,18,21). The van der Waals surface area contributed by atoms with Gasteiger partial charge in [0.2, 0.25) is 0 Å². The van der Waals surface area contributed by atoms with Crippen LogP contribution in [0, 0.1) is 6.92 Å². The molecule has 0 bridgehead atoms. The van der Waals surface area contributed by atoms with Gasteiger partial charge < -0.3 is 15.2 Å². The number of rotatable bonds is 7. The van der Waals surface area contributed by atoms with Gasteiger partial charge in [-0.15, -0.1) is 0 Å². The number of aryl methyl sites for hydroxylation is 1. The second-order valence-electron chi connectivity index (χ2n) is 4.75. The van der Waals surface area contributed by atoms with Crippen LogP contribution in [-0.4, -0.2) is 18.2 Å². The molecule has 2 aromatic rings. The Morgan fingerprint density at radius 3 is 2.33 bits per heavy atom. The third-order valence-corrected chi connectivity index (χ3v) is 3.15. The number of para-hydroxylation sites is 1. The predicted octanol–water partition coefficient (Wildman–Crippen LogP) is 3.28. The van der Waals surface area contributed by atoms with Crippen LogP contribution >= 0.6 is 12.2 Å². The van der Waals surface area contributed by atoms with E-state index in [1.807, 2.05) is 55.5 Å². The maximum absolute atomic E-state index is 5.68. The number of thiocarbonyl (C=S) groups is 1. The molecule has 21 heavy (non-hydrogen) atoms. The fourth-order valence-electron chi connectivity index (χ4n) is 1.93. The van der Waals surface area contributed by atoms with Gasteiger partial charge in [-0.2, -0.15) is 0 Å². The summed E-state index contributed by atoms with van der Waals surface area (Å²) in [7, 11) is 0. The lowest BCUT2D eigenvalue weighted by Gasteiger charge is -2.10. The van der Waals surface area contributed by atoms with Gasteiger partial charge in [-0.05, 0) is 36.2 Å². The molecule has 4 heteroatoms. The summed E-state index contributed by atoms with van der Waals surface area (Å²) < 4.78 is 11.3. The van der Waals surface area contributed by atoms with Crippen molar-refractivity contribution in [2.24, 2.45) is 5.73 Å². The summed E-state index contributed by atoms with van der Waals surface area (Å²) in [4.78, 5) is 0.496. The van der Waals surface area contributed by atoms with Crippen LogP contribution in [0.5, 0.6) is 11.5 Å². The van der Waals surface area contributed by atoms with Crippen molar-refractivity contribution < 1.29 is 9.47 Å². The van der Waals surface area contributed by atoms with Crippen molar-refractivity contribution in [2.45, 2.75) is 13.3 Å². The average Bonchev–Trinajstić information content (AvgIpc) is 2.46. The summed E-state index contributed by atoms with van der Waals surface area (Å²) in [5, 5.41) is 0. The van der Waals surface area contributed by atoms with Crippen LogP contribution in [0.3, 0.4) is 0 Å². The van der Waals surface area contributed by atoms with Crippen molar-refractivity contribution in [3.63, 3.8) is 0 Å². The average molecular weight is 301 g/mol. The molecule has 0 aliphatic carbocycles. The number of hydrogen-bond acceptors (Lipinski definition) is 3. The molecule has 0 amide bonds. The first-order chi connectivity index (χ1) is 10.1. The number of benzene rings is 2. The van der Waals surface area contributed by atoms with Gasteiger partial charge in [0.15, 0.2) is 0 Å². The third kappa shape index (κ3) is 5.08. The van der Waals surface area contributed by atoms with E-state index in [1.165, 1.54) is 0 Å². The molecular formula is C17H19NO2S. The monoisotopic (exact) mass is 301 g/mol. The summed E-state index contributed by atoms with van der Waals surface area (Å²) in [6.07, 6.45) is 0.617. The van der Waals surface area contributed by atoms with Crippen molar-refractivity contribution in [2.75, 3.05) is 13.2 Å². The molecule has 0 unspecified atom stereocenters. The Labute approximate surface area is 130 Å². The lowest BCUT2D eigenvalue weighted by Crippen LogP contribution is -2.11. The smallest absolute Gasteiger partial charge is 0.122 e. The molecule has 2 rings (SSSR count). The summed E-state index contributed by atoms with van der Waals surface area (Å²) in [6.45, 7) is 3.04. The van der Waals surface area contributed by atoms with Gasteiger partial charge in [-0.25, -0.2) is 0 Å². The third-order valence-electron chi connectivity index (χ3n) is 3.00. The molecule has 3 nitrogen and oxygen atoms in total. The normalized spacial score (nSPS) is 10.1. The molecule has 0 aliphatic heterocycles. The van der Waals surface area contributed by atoms with Crippen LogP contribution in [-0.2, 0) is 6.42 Å². The Bertz CT molecular complexity index is 596. The van der Waals surface area contributed by atoms with E-state index >= 15 is 0 Å². The quantitative estimate of drug-likeness (QED) is 0.629. The molecule has 2 N–H and O–H groups in total. The largest absolute Gasteiger partial charge is 0.490 e. The van der Waals surface area contributed by atoms with E-state index in [0.29, 0.717) is 24.6 Å². The molecule has 0 spiro atoms. The SMILES string of the molecule is Cc1ccccc1OCCOc1ccc(CC(N)=S)cc1. The van der Waals surface area contributed by atoms with E-state index in [-0.39, 0.29) is 0 Å². The minimum absolute atomic E-state index is 0.496. The van der Waals surface area contributed by atoms with Crippen LogP contribution in [0.2, 0.25) is 0 Å². The van der Waals surface area contributed by atoms with Crippen LogP contribution in [0.25, 0.3) is 0 Å². The molecule has 2 aromatic carbocycles. The maximum atomic E-state index is 5.68. The maximum Gasteiger partial charge on any atom is 0.122 e. The summed E-state index contributed by atoms with van der Waals surface area (Å²) >= 11 is 4.88. The van der Waals surface area contributed by atoms with Crippen molar-refractivity contribution in [1.82, 2.24) is 0 Å². The molecular weight excluding hydrogens is 282 g/mol. The minimum atomic E-state index is 0.496. The Hall–Kier alpha value is -2.07. The van der Waals surface area contributed by atoms with Crippen LogP contribution in [0.15, 0.2) is 48.5 Å². The van der Waals surface area contributed by atoms with E-state index in [4.69, 9.17) is 27.4 Å². The van der Waals surface area contributed by atoms with Crippen molar-refractivity contribution in [3.8, 4) is 11.5 Å². The summed E-state index contributed by atoms with van der Waals surface area (Å²) in [5.74, 6) is 1.71. The molecule has 0 aliphatic rings. The summed E-state index contributed by atoms with van der Waals surface area (Å²) in [6, 6.07) is 15.7. The Balaban J connectivity index is 1.76. The van der Waals surface area contributed by atoms with Crippen LogP contribution in [0.4, 0.5) is 0 Å². The van der Waals surface area contributed by atoms with Gasteiger partial charge in [0.25, 0.3) is 0 Å². The van der Waals surface area contributed by atoms with E-state index in [1.54, 1.807) is 0 Å². The topological polar surface area (TPSA) is 44.5 Å². The summed E-state index contributed by atoms with van der Waals surface area (Å²) in [5.41, 5.74) is 7.73. The molecule has 0 radical (unpaired) electrons. The fraction of sp³-hybridized carbons (Fsp3) is 0.235. The van der Waals surface area contributed by atoms with Gasteiger partial charge in [0.05, 0.1) is 4.99 Å². The van der Waals surface area contributed by atoms with E-state index < -0.39 is 0 Å².